The maximum absolute atomic E-state index is 10.3. The zero-order valence-electron chi connectivity index (χ0n) is 8.44. The molecule has 0 spiro atoms. The van der Waals surface area contributed by atoms with Crippen molar-refractivity contribution in [3.63, 3.8) is 0 Å². The topological polar surface area (TPSA) is 188 Å². The second kappa shape index (κ2) is 11.9. The molecule has 0 bridgehead atoms. The molecule has 0 aliphatic carbocycles. The Bertz CT molecular complexity index is 275. The average Bonchev–Trinajstić information content (AvgIpc) is 2.22. The number of phosphoric ester groups is 1. The van der Waals surface area contributed by atoms with Crippen LogP contribution in [-0.2, 0) is 9.09 Å². The molecule has 0 aromatic rings. The fraction of sp³-hybridized carbons (Fsp3) is 1.00. The third-order valence-corrected chi connectivity index (χ3v) is 2.31. The predicted molar refractivity (Wildman–Crippen MR) is 67.3 cm³/mol. The van der Waals surface area contributed by atoms with Gasteiger partial charge in [0.25, 0.3) is 0 Å². The quantitative estimate of drug-likeness (QED) is 0.123. The SMILES string of the molecule is O=P(O)(O)OC(O)[C@@H](O)[C@@H](O)[C@H](O)[C@H](O)CO.[CaH2].[CaH2]. The van der Waals surface area contributed by atoms with Gasteiger partial charge >= 0.3 is 83.3 Å². The Balaban J connectivity index is -0.00000128. The number of aliphatic hydroxyl groups is 6. The van der Waals surface area contributed by atoms with E-state index in [1.807, 2.05) is 0 Å². The molecule has 0 saturated carbocycles. The molecule has 13 heteroatoms. The zero-order valence-corrected chi connectivity index (χ0v) is 9.33. The second-order valence-corrected chi connectivity index (χ2v) is 4.40. The van der Waals surface area contributed by atoms with Gasteiger partial charge in [-0.25, -0.2) is 4.57 Å². The first-order valence-corrected chi connectivity index (χ1v) is 5.88. The average molecular weight is 362 g/mol. The maximum atomic E-state index is 10.3. The van der Waals surface area contributed by atoms with Gasteiger partial charge in [-0.1, -0.05) is 0 Å². The minimum absolute atomic E-state index is 0. The van der Waals surface area contributed by atoms with E-state index in [2.05, 4.69) is 4.52 Å². The van der Waals surface area contributed by atoms with Crippen LogP contribution in [0.4, 0.5) is 0 Å². The van der Waals surface area contributed by atoms with Gasteiger partial charge in [0.2, 0.25) is 0 Å². The van der Waals surface area contributed by atoms with Gasteiger partial charge in [0, 0.05) is 0 Å². The minimum atomic E-state index is -5.09. The molecule has 0 amide bonds. The molecule has 5 atom stereocenters. The van der Waals surface area contributed by atoms with E-state index in [-0.39, 0.29) is 75.5 Å². The molecule has 0 aromatic carbocycles. The van der Waals surface area contributed by atoms with Crippen molar-refractivity contribution in [2.24, 2.45) is 0 Å². The molecule has 0 saturated heterocycles. The summed E-state index contributed by atoms with van der Waals surface area (Å²) in [5, 5.41) is 53.8. The zero-order chi connectivity index (χ0) is 13.8. The number of aliphatic hydroxyl groups excluding tert-OH is 6. The summed E-state index contributed by atoms with van der Waals surface area (Å²) in [6, 6.07) is 0. The van der Waals surface area contributed by atoms with Crippen LogP contribution in [0.1, 0.15) is 0 Å². The number of rotatable bonds is 7. The first-order valence-electron chi connectivity index (χ1n) is 4.35. The van der Waals surface area contributed by atoms with Gasteiger partial charge < -0.3 is 40.4 Å². The molecular weight excluding hydrogens is 343 g/mol. The van der Waals surface area contributed by atoms with Crippen LogP contribution in [0.25, 0.3) is 0 Å². The van der Waals surface area contributed by atoms with Crippen molar-refractivity contribution in [3.05, 3.63) is 0 Å². The number of hydrogen-bond acceptors (Lipinski definition) is 8. The van der Waals surface area contributed by atoms with Crippen LogP contribution in [0.15, 0.2) is 0 Å². The van der Waals surface area contributed by atoms with Crippen molar-refractivity contribution >= 4 is 83.3 Å². The van der Waals surface area contributed by atoms with Crippen molar-refractivity contribution in [2.45, 2.75) is 30.7 Å². The monoisotopic (exact) mass is 362 g/mol. The first-order chi connectivity index (χ1) is 7.60. The van der Waals surface area contributed by atoms with E-state index in [0.717, 1.165) is 0 Å². The predicted octanol–water partition coefficient (Wildman–Crippen LogP) is -5.98. The van der Waals surface area contributed by atoms with Crippen LogP contribution in [0.5, 0.6) is 0 Å². The Morgan fingerprint density at radius 1 is 0.895 bits per heavy atom. The second-order valence-electron chi connectivity index (χ2n) is 3.21. The normalized spacial score (nSPS) is 19.4. The van der Waals surface area contributed by atoms with E-state index in [9.17, 15) is 9.67 Å². The first kappa shape index (κ1) is 26.3. The van der Waals surface area contributed by atoms with E-state index in [1.165, 1.54) is 0 Å². The van der Waals surface area contributed by atoms with Crippen molar-refractivity contribution in [2.75, 3.05) is 6.61 Å². The van der Waals surface area contributed by atoms with Gasteiger partial charge in [-0.2, -0.15) is 0 Å². The van der Waals surface area contributed by atoms with Crippen LogP contribution >= 0.6 is 7.82 Å². The molecule has 1 unspecified atom stereocenters. The summed E-state index contributed by atoms with van der Waals surface area (Å²) in [7, 11) is -5.09. The van der Waals surface area contributed by atoms with Crippen molar-refractivity contribution in [3.8, 4) is 0 Å². The van der Waals surface area contributed by atoms with Gasteiger partial charge in [0.05, 0.1) is 6.61 Å². The number of hydrogen-bond donors (Lipinski definition) is 8. The molecule has 0 heterocycles. The van der Waals surface area contributed by atoms with Crippen LogP contribution in [0, 0.1) is 0 Å². The summed E-state index contributed by atoms with van der Waals surface area (Å²) in [5.74, 6) is 0. The fourth-order valence-electron chi connectivity index (χ4n) is 0.909. The van der Waals surface area contributed by atoms with Crippen molar-refractivity contribution in [1.29, 1.82) is 0 Å². The Hall–Kier alpha value is 2.39. The summed E-state index contributed by atoms with van der Waals surface area (Å²) in [5.41, 5.74) is 0. The van der Waals surface area contributed by atoms with E-state index in [0.29, 0.717) is 0 Å². The molecule has 0 fully saturated rings. The molecule has 19 heavy (non-hydrogen) atoms. The molecule has 10 nitrogen and oxygen atoms in total. The Kier molecular flexibility index (Phi) is 16.5. The summed E-state index contributed by atoms with van der Waals surface area (Å²) < 4.78 is 13.9. The molecule has 0 aliphatic rings. The summed E-state index contributed by atoms with van der Waals surface area (Å²) in [4.78, 5) is 16.6. The molecule has 0 aromatic heterocycles. The van der Waals surface area contributed by atoms with Crippen LogP contribution in [-0.4, -0.2) is 153 Å². The summed E-state index contributed by atoms with van der Waals surface area (Å²) >= 11 is 0. The van der Waals surface area contributed by atoms with Crippen molar-refractivity contribution in [1.82, 2.24) is 0 Å². The third-order valence-electron chi connectivity index (χ3n) is 1.82. The van der Waals surface area contributed by atoms with E-state index in [1.54, 1.807) is 0 Å². The van der Waals surface area contributed by atoms with E-state index in [4.69, 9.17) is 35.3 Å². The number of phosphoric acid groups is 1. The van der Waals surface area contributed by atoms with Gasteiger partial charge in [-0.3, -0.25) is 4.52 Å². The Labute approximate surface area is 168 Å². The standard InChI is InChI=1S/C6H15O10P.2Ca.4H/c7-1-2(8)3(9)4(10)5(11)6(12)16-17(13,14)15;;;;;;/h2-12H,1H2,(H2,13,14,15);;;;;;/t2-,3-,4+,5+,6?;;;;;;/m1....../s1. The van der Waals surface area contributed by atoms with Crippen LogP contribution < -0.4 is 0 Å². The van der Waals surface area contributed by atoms with Crippen molar-refractivity contribution < 1.29 is 49.5 Å². The molecule has 112 valence electrons. The van der Waals surface area contributed by atoms with Gasteiger partial charge in [-0.15, -0.1) is 0 Å². The van der Waals surface area contributed by atoms with E-state index >= 15 is 0 Å². The molecular formula is C6H19Ca2O10P. The van der Waals surface area contributed by atoms with Crippen LogP contribution in [0.3, 0.4) is 0 Å². The summed E-state index contributed by atoms with van der Waals surface area (Å²) in [6.45, 7) is -0.930. The van der Waals surface area contributed by atoms with Crippen LogP contribution in [0.2, 0.25) is 0 Å². The van der Waals surface area contributed by atoms with Gasteiger partial charge in [-0.05, 0) is 0 Å². The third kappa shape index (κ3) is 10.7. The molecule has 0 aliphatic heterocycles. The van der Waals surface area contributed by atoms with Gasteiger partial charge in [0.15, 0.2) is 6.29 Å². The summed E-state index contributed by atoms with van der Waals surface area (Å²) in [6.07, 6.45) is -10.8. The fourth-order valence-corrected chi connectivity index (χ4v) is 1.32. The van der Waals surface area contributed by atoms with Gasteiger partial charge in [0.1, 0.15) is 24.4 Å². The molecule has 0 rings (SSSR count). The Morgan fingerprint density at radius 2 is 1.32 bits per heavy atom. The van der Waals surface area contributed by atoms with E-state index < -0.39 is 45.1 Å². The molecule has 0 radical (unpaired) electrons. The Morgan fingerprint density at radius 3 is 1.63 bits per heavy atom. The molecule has 8 N–H and O–H groups in total.